The Morgan fingerprint density at radius 2 is 1.42 bits per heavy atom. The highest BCUT2D eigenvalue weighted by Gasteiger charge is 2.25. The van der Waals surface area contributed by atoms with E-state index in [1.165, 1.54) is 32.8 Å². The van der Waals surface area contributed by atoms with Gasteiger partial charge in [0.05, 0.1) is 5.75 Å². The minimum Gasteiger partial charge on any atom is -0.455 e. The lowest BCUT2D eigenvalue weighted by Crippen LogP contribution is -2.49. The Balaban J connectivity index is 1.36. The van der Waals surface area contributed by atoms with Crippen molar-refractivity contribution >= 4 is 23.4 Å². The number of para-hydroxylation sites is 1. The minimum absolute atomic E-state index is 0.00974. The van der Waals surface area contributed by atoms with Gasteiger partial charge in [-0.1, -0.05) is 36.4 Å². The molecule has 4 rings (SSSR count). The fourth-order valence-electron chi connectivity index (χ4n) is 4.33. The van der Waals surface area contributed by atoms with E-state index < -0.39 is 0 Å². The molecule has 0 N–H and O–H groups in total. The van der Waals surface area contributed by atoms with E-state index in [-0.39, 0.29) is 5.91 Å². The Morgan fingerprint density at radius 1 is 0.839 bits per heavy atom. The Morgan fingerprint density at radius 3 is 2.03 bits per heavy atom. The van der Waals surface area contributed by atoms with Gasteiger partial charge in [-0.3, -0.25) is 4.79 Å². The highest BCUT2D eigenvalue weighted by atomic mass is 32.2. The molecule has 31 heavy (non-hydrogen) atoms. The number of hydrogen-bond acceptors (Lipinski definition) is 4. The summed E-state index contributed by atoms with van der Waals surface area (Å²) >= 11 is 1.76. The van der Waals surface area contributed by atoms with E-state index in [0.29, 0.717) is 18.8 Å². The summed E-state index contributed by atoms with van der Waals surface area (Å²) in [6.45, 7) is 11.7. The molecular formula is C26H30N2O2S. The van der Waals surface area contributed by atoms with Gasteiger partial charge in [0.2, 0.25) is 0 Å². The second-order valence-electron chi connectivity index (χ2n) is 8.30. The molecule has 4 nitrogen and oxygen atoms in total. The minimum atomic E-state index is -0.00974. The number of carbonyl (C=O) groups is 1. The van der Waals surface area contributed by atoms with Gasteiger partial charge in [-0.2, -0.15) is 0 Å². The van der Waals surface area contributed by atoms with Crippen molar-refractivity contribution in [1.29, 1.82) is 0 Å². The van der Waals surface area contributed by atoms with E-state index in [2.05, 4.69) is 69.0 Å². The van der Waals surface area contributed by atoms with E-state index in [9.17, 15) is 4.79 Å². The third-order valence-corrected chi connectivity index (χ3v) is 7.32. The molecule has 1 aromatic heterocycles. The number of benzene rings is 2. The zero-order chi connectivity index (χ0) is 22.0. The quantitative estimate of drug-likeness (QED) is 0.478. The molecule has 1 saturated heterocycles. The largest absolute Gasteiger partial charge is 0.455 e. The molecule has 0 aliphatic carbocycles. The van der Waals surface area contributed by atoms with Crippen LogP contribution in [0.1, 0.15) is 38.6 Å². The average molecular weight is 435 g/mol. The van der Waals surface area contributed by atoms with Crippen molar-refractivity contribution in [1.82, 2.24) is 4.90 Å². The van der Waals surface area contributed by atoms with Crippen LogP contribution in [-0.2, 0) is 5.75 Å². The lowest BCUT2D eigenvalue weighted by Gasteiger charge is -2.37. The molecule has 162 valence electrons. The van der Waals surface area contributed by atoms with Crippen molar-refractivity contribution in [2.45, 2.75) is 38.3 Å². The van der Waals surface area contributed by atoms with Crippen molar-refractivity contribution in [3.05, 3.63) is 82.3 Å². The van der Waals surface area contributed by atoms with Crippen LogP contribution in [0.3, 0.4) is 0 Å². The highest BCUT2D eigenvalue weighted by molar-refractivity contribution is 7.98. The van der Waals surface area contributed by atoms with Gasteiger partial charge in [0.25, 0.3) is 5.91 Å². The molecule has 1 fully saturated rings. The second kappa shape index (κ2) is 9.23. The number of aryl methyl sites for hydroxylation is 4. The van der Waals surface area contributed by atoms with Crippen molar-refractivity contribution in [3.8, 4) is 0 Å². The zero-order valence-corrected chi connectivity index (χ0v) is 19.6. The monoisotopic (exact) mass is 434 g/mol. The topological polar surface area (TPSA) is 36.7 Å². The first-order valence-corrected chi connectivity index (χ1v) is 11.8. The van der Waals surface area contributed by atoms with Crippen molar-refractivity contribution in [3.63, 3.8) is 0 Å². The number of carbonyl (C=O) groups excluding carboxylic acids is 1. The summed E-state index contributed by atoms with van der Waals surface area (Å²) in [4.78, 5) is 18.6. The molecule has 0 spiro atoms. The van der Waals surface area contributed by atoms with Gasteiger partial charge in [-0.25, -0.2) is 0 Å². The van der Waals surface area contributed by atoms with E-state index in [1.54, 1.807) is 11.8 Å². The van der Waals surface area contributed by atoms with Crippen LogP contribution in [0.25, 0.3) is 0 Å². The third kappa shape index (κ3) is 4.67. The molecular weight excluding hydrogens is 404 g/mol. The second-order valence-corrected chi connectivity index (χ2v) is 9.28. The molecule has 0 unspecified atom stereocenters. The lowest BCUT2D eigenvalue weighted by molar-refractivity contribution is 0.0713. The van der Waals surface area contributed by atoms with Gasteiger partial charge in [-0.05, 0) is 62.1 Å². The summed E-state index contributed by atoms with van der Waals surface area (Å²) in [6.07, 6.45) is 0. The molecule has 2 heterocycles. The van der Waals surface area contributed by atoms with E-state index >= 15 is 0 Å². The molecule has 1 aliphatic heterocycles. The highest BCUT2D eigenvalue weighted by Crippen LogP contribution is 2.30. The van der Waals surface area contributed by atoms with Gasteiger partial charge in [0, 0.05) is 36.8 Å². The van der Waals surface area contributed by atoms with Gasteiger partial charge in [0.1, 0.15) is 5.76 Å². The third-order valence-electron chi connectivity index (χ3n) is 5.96. The standard InChI is InChI=1S/C26H30N2O2S/c1-18-7-5-8-19(2)24(18)27-13-15-28(16-14-27)26(29)23-12-11-22(30-23)17-31-25-20(3)9-6-10-21(25)4/h5-12H,13-17H2,1-4H3. The fourth-order valence-corrected chi connectivity index (χ4v) is 5.37. The summed E-state index contributed by atoms with van der Waals surface area (Å²) < 4.78 is 5.92. The van der Waals surface area contributed by atoms with E-state index in [4.69, 9.17) is 4.42 Å². The molecule has 1 aliphatic rings. The Kier molecular flexibility index (Phi) is 6.42. The number of anilines is 1. The first-order chi connectivity index (χ1) is 14.9. The molecule has 0 bridgehead atoms. The van der Waals surface area contributed by atoms with Gasteiger partial charge >= 0.3 is 0 Å². The maximum absolute atomic E-state index is 13.0. The molecule has 0 atom stereocenters. The average Bonchev–Trinajstić information content (AvgIpc) is 3.22. The Labute approximate surface area is 189 Å². The van der Waals surface area contributed by atoms with Gasteiger partial charge < -0.3 is 14.2 Å². The summed E-state index contributed by atoms with van der Waals surface area (Å²) in [5.74, 6) is 1.99. The van der Waals surface area contributed by atoms with Crippen molar-refractivity contribution < 1.29 is 9.21 Å². The Bertz CT molecular complexity index is 1040. The predicted octanol–water partition coefficient (Wildman–Crippen LogP) is 5.77. The first-order valence-electron chi connectivity index (χ1n) is 10.8. The van der Waals surface area contributed by atoms with Crippen LogP contribution in [0.2, 0.25) is 0 Å². The summed E-state index contributed by atoms with van der Waals surface area (Å²) in [7, 11) is 0. The number of amides is 1. The van der Waals surface area contributed by atoms with Crippen LogP contribution in [0, 0.1) is 27.7 Å². The molecule has 2 aromatic carbocycles. The summed E-state index contributed by atoms with van der Waals surface area (Å²) in [6, 6.07) is 16.5. The van der Waals surface area contributed by atoms with E-state index in [1.807, 2.05) is 17.0 Å². The number of rotatable bonds is 5. The summed E-state index contributed by atoms with van der Waals surface area (Å²) in [5, 5.41) is 0. The Hall–Kier alpha value is -2.66. The van der Waals surface area contributed by atoms with Crippen LogP contribution >= 0.6 is 11.8 Å². The molecule has 5 heteroatoms. The van der Waals surface area contributed by atoms with Crippen LogP contribution in [0.5, 0.6) is 0 Å². The molecule has 3 aromatic rings. The first kappa shape index (κ1) is 21.6. The van der Waals surface area contributed by atoms with Gasteiger partial charge in [-0.15, -0.1) is 11.8 Å². The zero-order valence-electron chi connectivity index (χ0n) is 18.8. The maximum Gasteiger partial charge on any atom is 0.289 e. The van der Waals surface area contributed by atoms with Crippen molar-refractivity contribution in [2.24, 2.45) is 0 Å². The number of thioether (sulfide) groups is 1. The predicted molar refractivity (Wildman–Crippen MR) is 128 cm³/mol. The SMILES string of the molecule is Cc1cccc(C)c1SCc1ccc(C(=O)N2CCN(c3c(C)cccc3C)CC2)o1. The fraction of sp³-hybridized carbons (Fsp3) is 0.346. The van der Waals surface area contributed by atoms with Crippen LogP contribution < -0.4 is 4.90 Å². The van der Waals surface area contributed by atoms with Crippen molar-refractivity contribution in [2.75, 3.05) is 31.1 Å². The van der Waals surface area contributed by atoms with Crippen LogP contribution in [-0.4, -0.2) is 37.0 Å². The maximum atomic E-state index is 13.0. The number of nitrogens with zero attached hydrogens (tertiary/aromatic N) is 2. The number of hydrogen-bond donors (Lipinski definition) is 0. The molecule has 1 amide bonds. The summed E-state index contributed by atoms with van der Waals surface area (Å²) in [5.41, 5.74) is 6.43. The van der Waals surface area contributed by atoms with Crippen LogP contribution in [0.4, 0.5) is 5.69 Å². The normalized spacial score (nSPS) is 14.2. The molecule has 0 radical (unpaired) electrons. The lowest BCUT2D eigenvalue weighted by atomic mass is 10.1. The van der Waals surface area contributed by atoms with Gasteiger partial charge in [0.15, 0.2) is 5.76 Å². The number of furan rings is 1. The molecule has 0 saturated carbocycles. The number of piperazine rings is 1. The van der Waals surface area contributed by atoms with E-state index in [0.717, 1.165) is 24.6 Å². The van der Waals surface area contributed by atoms with Crippen LogP contribution in [0.15, 0.2) is 57.8 Å². The smallest absolute Gasteiger partial charge is 0.289 e.